The fourth-order valence-corrected chi connectivity index (χ4v) is 2.14. The first kappa shape index (κ1) is 11.6. The second-order valence-corrected chi connectivity index (χ2v) is 5.36. The molecule has 0 bridgehead atoms. The van der Waals surface area contributed by atoms with Gasteiger partial charge in [-0.2, -0.15) is 11.8 Å². The van der Waals surface area contributed by atoms with Crippen LogP contribution in [0.5, 0.6) is 0 Å². The van der Waals surface area contributed by atoms with E-state index in [1.165, 1.54) is 0 Å². The summed E-state index contributed by atoms with van der Waals surface area (Å²) in [4.78, 5) is 0. The lowest BCUT2D eigenvalue weighted by Gasteiger charge is -2.19. The van der Waals surface area contributed by atoms with Gasteiger partial charge in [0.15, 0.2) is 0 Å². The molecule has 3 nitrogen and oxygen atoms in total. The summed E-state index contributed by atoms with van der Waals surface area (Å²) >= 11 is 1.84. The lowest BCUT2D eigenvalue weighted by molar-refractivity contribution is 0.514. The molecule has 0 saturated carbocycles. The average molecular weight is 213 g/mol. The summed E-state index contributed by atoms with van der Waals surface area (Å²) in [6.45, 7) is 8.64. The van der Waals surface area contributed by atoms with Gasteiger partial charge in [0, 0.05) is 23.4 Å². The zero-order chi connectivity index (χ0) is 10.8. The molecule has 0 fully saturated rings. The van der Waals surface area contributed by atoms with Crippen molar-refractivity contribution in [3.8, 4) is 0 Å². The zero-order valence-electron chi connectivity index (χ0n) is 9.61. The van der Waals surface area contributed by atoms with Gasteiger partial charge >= 0.3 is 0 Å². The highest BCUT2D eigenvalue weighted by molar-refractivity contribution is 7.98. The van der Waals surface area contributed by atoms with Gasteiger partial charge < -0.3 is 0 Å². The van der Waals surface area contributed by atoms with Gasteiger partial charge in [0.1, 0.15) is 0 Å². The van der Waals surface area contributed by atoms with Gasteiger partial charge in [0.05, 0.1) is 5.69 Å². The summed E-state index contributed by atoms with van der Waals surface area (Å²) in [7, 11) is 0. The fourth-order valence-electron chi connectivity index (χ4n) is 1.27. The molecule has 14 heavy (non-hydrogen) atoms. The summed E-state index contributed by atoms with van der Waals surface area (Å²) in [6, 6.07) is 0.390. The van der Waals surface area contributed by atoms with Crippen molar-refractivity contribution in [2.75, 3.05) is 12.0 Å². The van der Waals surface area contributed by atoms with E-state index in [4.69, 9.17) is 0 Å². The first-order valence-corrected chi connectivity index (χ1v) is 6.28. The van der Waals surface area contributed by atoms with Crippen molar-refractivity contribution >= 4 is 11.8 Å². The summed E-state index contributed by atoms with van der Waals surface area (Å²) in [5, 5.41) is 8.35. The topological polar surface area (TPSA) is 30.7 Å². The minimum absolute atomic E-state index is 0.118. The van der Waals surface area contributed by atoms with E-state index in [2.05, 4.69) is 50.5 Å². The minimum Gasteiger partial charge on any atom is -0.250 e. The van der Waals surface area contributed by atoms with E-state index < -0.39 is 0 Å². The maximum Gasteiger partial charge on any atom is 0.0891 e. The molecule has 0 spiro atoms. The lowest BCUT2D eigenvalue weighted by atomic mass is 9.93. The van der Waals surface area contributed by atoms with E-state index in [1.54, 1.807) is 0 Å². The molecule has 4 heteroatoms. The van der Waals surface area contributed by atoms with Crippen LogP contribution < -0.4 is 0 Å². The van der Waals surface area contributed by atoms with Crippen molar-refractivity contribution < 1.29 is 0 Å². The van der Waals surface area contributed by atoms with Crippen molar-refractivity contribution in [1.82, 2.24) is 15.0 Å². The van der Waals surface area contributed by atoms with Crippen LogP contribution in [0.25, 0.3) is 0 Å². The third kappa shape index (κ3) is 2.50. The summed E-state index contributed by atoms with van der Waals surface area (Å²) in [5.74, 6) is 1.07. The summed E-state index contributed by atoms with van der Waals surface area (Å²) < 4.78 is 1.91. The molecule has 0 saturated heterocycles. The molecule has 0 unspecified atom stereocenters. The highest BCUT2D eigenvalue weighted by atomic mass is 32.2. The molecule has 80 valence electrons. The molecule has 0 aliphatic rings. The maximum atomic E-state index is 4.23. The van der Waals surface area contributed by atoms with E-state index >= 15 is 0 Å². The highest BCUT2D eigenvalue weighted by Gasteiger charge is 2.23. The van der Waals surface area contributed by atoms with Gasteiger partial charge in [-0.15, -0.1) is 5.10 Å². The molecule has 1 rings (SSSR count). The van der Waals surface area contributed by atoms with Gasteiger partial charge in [-0.1, -0.05) is 19.1 Å². The van der Waals surface area contributed by atoms with Gasteiger partial charge in [-0.05, 0) is 20.1 Å². The van der Waals surface area contributed by atoms with Crippen LogP contribution in [0.2, 0.25) is 0 Å². The van der Waals surface area contributed by atoms with E-state index in [0.29, 0.717) is 6.04 Å². The van der Waals surface area contributed by atoms with Crippen LogP contribution in [-0.2, 0) is 5.41 Å². The van der Waals surface area contributed by atoms with Crippen molar-refractivity contribution in [2.45, 2.75) is 39.2 Å². The SMILES string of the molecule is CSCC(C)(C)c1cn(C(C)C)nn1. The third-order valence-corrected chi connectivity index (χ3v) is 3.25. The number of rotatable bonds is 4. The molecule has 0 amide bonds. The smallest absolute Gasteiger partial charge is 0.0891 e. The molecule has 1 heterocycles. The quantitative estimate of drug-likeness (QED) is 0.770. The predicted molar refractivity (Wildman–Crippen MR) is 61.8 cm³/mol. The van der Waals surface area contributed by atoms with Gasteiger partial charge in [-0.3, -0.25) is 0 Å². The molecule has 1 aromatic heterocycles. The van der Waals surface area contributed by atoms with E-state index in [0.717, 1.165) is 11.4 Å². The van der Waals surface area contributed by atoms with E-state index in [9.17, 15) is 0 Å². The molecule has 0 radical (unpaired) electrons. The van der Waals surface area contributed by atoms with Gasteiger partial charge in [-0.25, -0.2) is 4.68 Å². The first-order valence-electron chi connectivity index (χ1n) is 4.88. The first-order chi connectivity index (χ1) is 6.47. The summed E-state index contributed by atoms with van der Waals surface area (Å²) in [5.41, 5.74) is 1.20. The van der Waals surface area contributed by atoms with Crippen LogP contribution in [-0.4, -0.2) is 27.0 Å². The standard InChI is InChI=1S/C10H19N3S/c1-8(2)13-6-9(11-12-13)10(3,4)7-14-5/h6,8H,7H2,1-5H3. The third-order valence-electron chi connectivity index (χ3n) is 2.24. The van der Waals surface area contributed by atoms with Crippen molar-refractivity contribution in [2.24, 2.45) is 0 Å². The number of hydrogen-bond donors (Lipinski definition) is 0. The number of thioether (sulfide) groups is 1. The largest absolute Gasteiger partial charge is 0.250 e. The molecule has 0 atom stereocenters. The molecular weight excluding hydrogens is 194 g/mol. The van der Waals surface area contributed by atoms with Crippen molar-refractivity contribution in [1.29, 1.82) is 0 Å². The second kappa shape index (κ2) is 4.34. The zero-order valence-corrected chi connectivity index (χ0v) is 10.4. The van der Waals surface area contributed by atoms with Crippen LogP contribution in [0.4, 0.5) is 0 Å². The molecular formula is C10H19N3S. The number of hydrogen-bond acceptors (Lipinski definition) is 3. The Kier molecular flexibility index (Phi) is 3.59. The molecule has 0 aromatic carbocycles. The maximum absolute atomic E-state index is 4.23. The van der Waals surface area contributed by atoms with Crippen molar-refractivity contribution in [3.63, 3.8) is 0 Å². The Morgan fingerprint density at radius 2 is 2.14 bits per heavy atom. The number of aromatic nitrogens is 3. The normalized spacial score (nSPS) is 12.4. The van der Waals surface area contributed by atoms with E-state index in [-0.39, 0.29) is 5.41 Å². The van der Waals surface area contributed by atoms with Crippen LogP contribution in [0.3, 0.4) is 0 Å². The van der Waals surface area contributed by atoms with Gasteiger partial charge in [0.25, 0.3) is 0 Å². The number of nitrogens with zero attached hydrogens (tertiary/aromatic N) is 3. The Bertz CT molecular complexity index is 291. The Labute approximate surface area is 90.3 Å². The molecule has 1 aromatic rings. The monoisotopic (exact) mass is 213 g/mol. The predicted octanol–water partition coefficient (Wildman–Crippen LogP) is 2.50. The summed E-state index contributed by atoms with van der Waals surface area (Å²) in [6.07, 6.45) is 4.18. The van der Waals surface area contributed by atoms with Crippen LogP contribution in [0.15, 0.2) is 6.20 Å². The average Bonchev–Trinajstić information content (AvgIpc) is 2.51. The minimum atomic E-state index is 0.118. The molecule has 0 N–H and O–H groups in total. The Balaban J connectivity index is 2.85. The van der Waals surface area contributed by atoms with Gasteiger partial charge in [0.2, 0.25) is 0 Å². The van der Waals surface area contributed by atoms with Crippen LogP contribution in [0.1, 0.15) is 39.4 Å². The van der Waals surface area contributed by atoms with Crippen molar-refractivity contribution in [3.05, 3.63) is 11.9 Å². The lowest BCUT2D eigenvalue weighted by Crippen LogP contribution is -2.20. The Morgan fingerprint density at radius 1 is 1.50 bits per heavy atom. The second-order valence-electron chi connectivity index (χ2n) is 4.49. The highest BCUT2D eigenvalue weighted by Crippen LogP contribution is 2.24. The molecule has 0 aliphatic heterocycles. The van der Waals surface area contributed by atoms with Crippen LogP contribution >= 0.6 is 11.8 Å². The van der Waals surface area contributed by atoms with Crippen LogP contribution in [0, 0.1) is 0 Å². The fraction of sp³-hybridized carbons (Fsp3) is 0.800. The molecule has 0 aliphatic carbocycles. The Hall–Kier alpha value is -0.510. The van der Waals surface area contributed by atoms with E-state index in [1.807, 2.05) is 16.4 Å². The Morgan fingerprint density at radius 3 is 2.57 bits per heavy atom.